The van der Waals surface area contributed by atoms with E-state index in [0.29, 0.717) is 25.9 Å². The Hall–Kier alpha value is -3.09. The van der Waals surface area contributed by atoms with Gasteiger partial charge in [-0.25, -0.2) is 4.98 Å². The summed E-state index contributed by atoms with van der Waals surface area (Å²) in [5.41, 5.74) is 5.81. The summed E-state index contributed by atoms with van der Waals surface area (Å²) in [6, 6.07) is 5.97. The number of aromatic amines is 1. The Kier molecular flexibility index (Phi) is 4.66. The number of esters is 1. The maximum absolute atomic E-state index is 13.3. The minimum absolute atomic E-state index is 0.0411. The van der Waals surface area contributed by atoms with E-state index < -0.39 is 0 Å². The Bertz CT molecular complexity index is 1060. The number of nitrogens with one attached hydrogen (secondary N) is 1. The van der Waals surface area contributed by atoms with Crippen LogP contribution in [0.2, 0.25) is 0 Å². The highest BCUT2D eigenvalue weighted by Gasteiger charge is 2.31. The molecule has 7 nitrogen and oxygen atoms in total. The number of carbonyl (C=O) groups excluding carboxylic acids is 2. The first kappa shape index (κ1) is 18.3. The van der Waals surface area contributed by atoms with Crippen molar-refractivity contribution >= 4 is 22.8 Å². The second-order valence-electron chi connectivity index (χ2n) is 7.22. The average molecular weight is 380 g/mol. The van der Waals surface area contributed by atoms with Gasteiger partial charge in [0.2, 0.25) is 0 Å². The molecule has 1 amide bonds. The summed E-state index contributed by atoms with van der Waals surface area (Å²) in [7, 11) is 3.40. The predicted molar refractivity (Wildman–Crippen MR) is 105 cm³/mol. The molecular weight excluding hydrogens is 356 g/mol. The molecule has 3 aromatic rings. The second-order valence-corrected chi connectivity index (χ2v) is 7.22. The third-order valence-corrected chi connectivity index (χ3v) is 5.64. The maximum Gasteiger partial charge on any atom is 0.305 e. The van der Waals surface area contributed by atoms with Gasteiger partial charge in [-0.1, -0.05) is 18.2 Å². The van der Waals surface area contributed by atoms with E-state index in [2.05, 4.69) is 14.5 Å². The van der Waals surface area contributed by atoms with Gasteiger partial charge in [-0.2, -0.15) is 0 Å². The van der Waals surface area contributed by atoms with Gasteiger partial charge >= 0.3 is 5.97 Å². The molecule has 146 valence electrons. The normalized spacial score (nSPS) is 13.8. The summed E-state index contributed by atoms with van der Waals surface area (Å²) in [5, 5.41) is 0.952. The van der Waals surface area contributed by atoms with Gasteiger partial charge < -0.3 is 19.2 Å². The predicted octanol–water partition coefficient (Wildman–Crippen LogP) is 2.51. The minimum atomic E-state index is -0.229. The number of amides is 1. The summed E-state index contributed by atoms with van der Waals surface area (Å²) in [4.78, 5) is 34.2. The van der Waals surface area contributed by atoms with Crippen molar-refractivity contribution in [3.8, 4) is 0 Å². The van der Waals surface area contributed by atoms with Crippen LogP contribution in [0.4, 0.5) is 0 Å². The lowest BCUT2D eigenvalue weighted by Crippen LogP contribution is -2.37. The number of hydrogen-bond acceptors (Lipinski definition) is 4. The Morgan fingerprint density at radius 3 is 2.89 bits per heavy atom. The van der Waals surface area contributed by atoms with E-state index >= 15 is 0 Å². The summed E-state index contributed by atoms with van der Waals surface area (Å²) in [6.45, 7) is 3.14. The van der Waals surface area contributed by atoms with Crippen molar-refractivity contribution in [3.63, 3.8) is 0 Å². The van der Waals surface area contributed by atoms with Crippen LogP contribution in [-0.4, -0.2) is 45.0 Å². The zero-order valence-electron chi connectivity index (χ0n) is 16.4. The van der Waals surface area contributed by atoms with Gasteiger partial charge in [0.1, 0.15) is 0 Å². The van der Waals surface area contributed by atoms with Crippen molar-refractivity contribution in [2.75, 3.05) is 13.7 Å². The first-order valence-corrected chi connectivity index (χ1v) is 9.45. The number of carbonyl (C=O) groups is 2. The first-order chi connectivity index (χ1) is 13.5. The number of benzene rings is 1. The third-order valence-electron chi connectivity index (χ3n) is 5.64. The van der Waals surface area contributed by atoms with Gasteiger partial charge in [-0.15, -0.1) is 0 Å². The number of hydrogen-bond donors (Lipinski definition) is 1. The highest BCUT2D eigenvalue weighted by molar-refractivity contribution is 6.09. The molecule has 0 bridgehead atoms. The fourth-order valence-corrected chi connectivity index (χ4v) is 4.10. The molecule has 1 aliphatic heterocycles. The Morgan fingerprint density at radius 2 is 2.18 bits per heavy atom. The van der Waals surface area contributed by atoms with Crippen molar-refractivity contribution in [3.05, 3.63) is 52.7 Å². The van der Waals surface area contributed by atoms with Crippen molar-refractivity contribution in [2.24, 2.45) is 7.05 Å². The number of nitrogens with zero attached hydrogens (tertiary/aromatic N) is 3. The zero-order valence-corrected chi connectivity index (χ0v) is 16.4. The molecule has 0 fully saturated rings. The van der Waals surface area contributed by atoms with Gasteiger partial charge in [0.25, 0.3) is 5.91 Å². The molecule has 2 aromatic heterocycles. The molecule has 28 heavy (non-hydrogen) atoms. The van der Waals surface area contributed by atoms with Crippen LogP contribution in [0.25, 0.3) is 10.9 Å². The molecule has 1 aromatic carbocycles. The SMILES string of the molecule is COC(=O)CCc1cccc2c3c(n(C)c12)CCN(Cc1nc[nH]c1C)C3=O. The first-order valence-electron chi connectivity index (χ1n) is 9.45. The fraction of sp³-hybridized carbons (Fsp3) is 0.381. The van der Waals surface area contributed by atoms with Gasteiger partial charge in [0, 0.05) is 43.2 Å². The van der Waals surface area contributed by atoms with E-state index in [0.717, 1.165) is 45.5 Å². The Labute approximate surface area is 163 Å². The Morgan fingerprint density at radius 1 is 1.36 bits per heavy atom. The van der Waals surface area contributed by atoms with Crippen molar-refractivity contribution in [2.45, 2.75) is 32.7 Å². The molecular formula is C21H24N4O3. The topological polar surface area (TPSA) is 80.2 Å². The fourth-order valence-electron chi connectivity index (χ4n) is 4.10. The molecule has 0 atom stereocenters. The van der Waals surface area contributed by atoms with Gasteiger partial charge in [-0.05, 0) is 18.9 Å². The largest absolute Gasteiger partial charge is 0.469 e. The highest BCUT2D eigenvalue weighted by atomic mass is 16.5. The molecule has 0 radical (unpaired) electrons. The number of fused-ring (bicyclic) bond motifs is 3. The highest BCUT2D eigenvalue weighted by Crippen LogP contribution is 2.33. The van der Waals surface area contributed by atoms with E-state index in [1.54, 1.807) is 6.33 Å². The van der Waals surface area contributed by atoms with Crippen LogP contribution in [0.3, 0.4) is 0 Å². The molecule has 0 unspecified atom stereocenters. The molecule has 1 N–H and O–H groups in total. The van der Waals surface area contributed by atoms with Gasteiger partial charge in [0.05, 0.1) is 36.8 Å². The van der Waals surface area contributed by atoms with E-state index in [9.17, 15) is 9.59 Å². The average Bonchev–Trinajstić information content (AvgIpc) is 3.23. The van der Waals surface area contributed by atoms with Crippen LogP contribution in [0.1, 0.15) is 39.4 Å². The van der Waals surface area contributed by atoms with E-state index in [1.165, 1.54) is 7.11 Å². The minimum Gasteiger partial charge on any atom is -0.469 e. The monoisotopic (exact) mass is 380 g/mol. The zero-order chi connectivity index (χ0) is 19.8. The number of imidazole rings is 1. The van der Waals surface area contributed by atoms with E-state index in [1.807, 2.05) is 37.1 Å². The lowest BCUT2D eigenvalue weighted by Gasteiger charge is -2.27. The number of ether oxygens (including phenoxy) is 1. The number of rotatable bonds is 5. The van der Waals surface area contributed by atoms with Crippen molar-refractivity contribution in [1.82, 2.24) is 19.4 Å². The lowest BCUT2D eigenvalue weighted by molar-refractivity contribution is -0.140. The summed E-state index contributed by atoms with van der Waals surface area (Å²) in [6.07, 6.45) is 3.37. The summed E-state index contributed by atoms with van der Waals surface area (Å²) < 4.78 is 6.89. The van der Waals surface area contributed by atoms with Crippen LogP contribution < -0.4 is 0 Å². The second kappa shape index (κ2) is 7.14. The molecule has 7 heteroatoms. The van der Waals surface area contributed by atoms with Crippen LogP contribution in [-0.2, 0) is 36.0 Å². The molecule has 4 rings (SSSR count). The number of aromatic nitrogens is 3. The molecule has 3 heterocycles. The number of aryl methyl sites for hydroxylation is 3. The maximum atomic E-state index is 13.3. The summed E-state index contributed by atoms with van der Waals surface area (Å²) in [5.74, 6) is -0.188. The van der Waals surface area contributed by atoms with E-state index in [-0.39, 0.29) is 11.9 Å². The number of H-pyrrole nitrogens is 1. The third kappa shape index (κ3) is 2.96. The molecule has 0 spiro atoms. The Balaban J connectivity index is 1.71. The standard InChI is InChI=1S/C21H24N4O3/c1-13-16(23-12-22-13)11-25-10-9-17-19(21(25)27)15-6-4-5-14(20(15)24(17)2)7-8-18(26)28-3/h4-6,12H,7-11H2,1-3H3,(H,22,23). The smallest absolute Gasteiger partial charge is 0.305 e. The molecule has 0 saturated heterocycles. The lowest BCUT2D eigenvalue weighted by atomic mass is 10.0. The van der Waals surface area contributed by atoms with Gasteiger partial charge in [-0.3, -0.25) is 9.59 Å². The van der Waals surface area contributed by atoms with Gasteiger partial charge in [0.15, 0.2) is 0 Å². The van der Waals surface area contributed by atoms with Crippen LogP contribution in [0.5, 0.6) is 0 Å². The van der Waals surface area contributed by atoms with E-state index in [4.69, 9.17) is 4.74 Å². The molecule has 0 saturated carbocycles. The van der Waals surface area contributed by atoms with Crippen LogP contribution in [0.15, 0.2) is 24.5 Å². The van der Waals surface area contributed by atoms with Crippen LogP contribution >= 0.6 is 0 Å². The molecule has 0 aliphatic carbocycles. The number of para-hydroxylation sites is 1. The van der Waals surface area contributed by atoms with Crippen LogP contribution in [0, 0.1) is 6.92 Å². The quantitative estimate of drug-likeness (QED) is 0.690. The number of methoxy groups -OCH3 is 1. The molecule has 1 aliphatic rings. The van der Waals surface area contributed by atoms with Crippen molar-refractivity contribution in [1.29, 1.82) is 0 Å². The van der Waals surface area contributed by atoms with Crippen molar-refractivity contribution < 1.29 is 14.3 Å². The summed E-state index contributed by atoms with van der Waals surface area (Å²) >= 11 is 0.